The molecule has 2 saturated heterocycles. The molecule has 0 N–H and O–H groups in total. The lowest BCUT2D eigenvalue weighted by Crippen LogP contribution is -2.44. The number of pyridine rings is 1. The minimum atomic E-state index is -0.0365. The van der Waals surface area contributed by atoms with Crippen LogP contribution in [0.2, 0.25) is 0 Å². The van der Waals surface area contributed by atoms with Gasteiger partial charge in [-0.05, 0) is 81.6 Å². The van der Waals surface area contributed by atoms with E-state index in [1.165, 1.54) is 28.7 Å². The van der Waals surface area contributed by atoms with Crippen LogP contribution in [0.15, 0.2) is 18.2 Å². The first-order valence-corrected chi connectivity index (χ1v) is 14.7. The van der Waals surface area contributed by atoms with Crippen molar-refractivity contribution in [2.45, 2.75) is 70.7 Å². The Morgan fingerprint density at radius 3 is 2.76 bits per heavy atom. The van der Waals surface area contributed by atoms with E-state index < -0.39 is 0 Å². The summed E-state index contributed by atoms with van der Waals surface area (Å²) in [7, 11) is 0. The number of aromatic nitrogens is 4. The summed E-state index contributed by atoms with van der Waals surface area (Å²) in [4.78, 5) is 10.3. The standard InChI is InChI=1S/C28H36N6O2S/c1-18-15-23(34(30-18)25-5-3-4-13-36-25)26-27-28(37-31-26)22(20-8-10-32(11-9-20)21-6-7-21)16-24(29-27)33-12-14-35-17-19(33)2/h8,15-16,19,21,25H,3-7,9-14,17H2,1-2H3/t19-,25?/m1/s1. The summed E-state index contributed by atoms with van der Waals surface area (Å²) < 4.78 is 20.2. The molecule has 3 aromatic rings. The third-order valence-corrected chi connectivity index (χ3v) is 9.12. The van der Waals surface area contributed by atoms with Gasteiger partial charge in [-0.25, -0.2) is 9.67 Å². The topological polar surface area (TPSA) is 68.5 Å². The zero-order chi connectivity index (χ0) is 24.9. The Balaban J connectivity index is 1.35. The summed E-state index contributed by atoms with van der Waals surface area (Å²) in [6.07, 6.45) is 9.47. The second-order valence-electron chi connectivity index (χ2n) is 11.0. The highest BCUT2D eigenvalue weighted by atomic mass is 32.1. The molecular weight excluding hydrogens is 484 g/mol. The molecule has 3 fully saturated rings. The predicted molar refractivity (Wildman–Crippen MR) is 147 cm³/mol. The Morgan fingerprint density at radius 1 is 1.08 bits per heavy atom. The van der Waals surface area contributed by atoms with Crippen molar-refractivity contribution in [3.05, 3.63) is 29.5 Å². The van der Waals surface area contributed by atoms with Crippen molar-refractivity contribution in [1.29, 1.82) is 0 Å². The summed E-state index contributed by atoms with van der Waals surface area (Å²) in [6, 6.07) is 5.55. The van der Waals surface area contributed by atoms with E-state index in [0.29, 0.717) is 0 Å². The average molecular weight is 521 g/mol. The van der Waals surface area contributed by atoms with Gasteiger partial charge in [-0.2, -0.15) is 9.47 Å². The number of hydrogen-bond acceptors (Lipinski definition) is 8. The van der Waals surface area contributed by atoms with Gasteiger partial charge in [-0.15, -0.1) is 0 Å². The number of ether oxygens (including phenoxy) is 2. The molecule has 3 aromatic heterocycles. The minimum Gasteiger partial charge on any atom is -0.377 e. The van der Waals surface area contributed by atoms with Crippen molar-refractivity contribution >= 4 is 33.1 Å². The van der Waals surface area contributed by atoms with Gasteiger partial charge < -0.3 is 14.4 Å². The summed E-state index contributed by atoms with van der Waals surface area (Å²) >= 11 is 1.58. The molecular formula is C28H36N6O2S. The highest BCUT2D eigenvalue weighted by Crippen LogP contribution is 2.41. The van der Waals surface area contributed by atoms with E-state index in [-0.39, 0.29) is 12.3 Å². The number of morpholine rings is 1. The largest absolute Gasteiger partial charge is 0.377 e. The Kier molecular flexibility index (Phi) is 6.27. The summed E-state index contributed by atoms with van der Waals surface area (Å²) in [5, 5.41) is 4.85. The van der Waals surface area contributed by atoms with Crippen molar-refractivity contribution in [3.63, 3.8) is 0 Å². The molecule has 0 bridgehead atoms. The number of anilines is 1. The van der Waals surface area contributed by atoms with Crippen molar-refractivity contribution in [2.75, 3.05) is 44.4 Å². The van der Waals surface area contributed by atoms with Crippen molar-refractivity contribution in [1.82, 2.24) is 24.0 Å². The first kappa shape index (κ1) is 23.8. The number of fused-ring (bicyclic) bond motifs is 1. The first-order chi connectivity index (χ1) is 18.2. The monoisotopic (exact) mass is 520 g/mol. The van der Waals surface area contributed by atoms with Crippen molar-refractivity contribution in [2.24, 2.45) is 0 Å². The van der Waals surface area contributed by atoms with Crippen LogP contribution < -0.4 is 4.90 Å². The van der Waals surface area contributed by atoms with Crippen LogP contribution in [-0.2, 0) is 9.47 Å². The summed E-state index contributed by atoms with van der Waals surface area (Å²) in [5.41, 5.74) is 6.64. The Hall–Kier alpha value is -2.33. The van der Waals surface area contributed by atoms with Gasteiger partial charge in [-0.3, -0.25) is 4.90 Å². The van der Waals surface area contributed by atoms with Crippen LogP contribution >= 0.6 is 11.5 Å². The molecule has 1 saturated carbocycles. The van der Waals surface area contributed by atoms with Gasteiger partial charge in [0.2, 0.25) is 0 Å². The van der Waals surface area contributed by atoms with E-state index in [1.54, 1.807) is 11.5 Å². The fourth-order valence-electron chi connectivity index (χ4n) is 6.06. The van der Waals surface area contributed by atoms with Crippen molar-refractivity contribution in [3.8, 4) is 11.4 Å². The lowest BCUT2D eigenvalue weighted by molar-refractivity contribution is -0.0385. The van der Waals surface area contributed by atoms with Crippen LogP contribution in [0, 0.1) is 6.92 Å². The molecule has 196 valence electrons. The number of rotatable bonds is 5. The quantitative estimate of drug-likeness (QED) is 0.467. The van der Waals surface area contributed by atoms with E-state index in [4.69, 9.17) is 23.9 Å². The molecule has 1 unspecified atom stereocenters. The van der Waals surface area contributed by atoms with Gasteiger partial charge in [0.1, 0.15) is 17.0 Å². The smallest absolute Gasteiger partial charge is 0.150 e. The molecule has 3 aliphatic heterocycles. The highest BCUT2D eigenvalue weighted by molar-refractivity contribution is 7.14. The summed E-state index contributed by atoms with van der Waals surface area (Å²) in [6.45, 7) is 9.57. The lowest BCUT2D eigenvalue weighted by Gasteiger charge is -2.35. The Labute approximate surface area is 222 Å². The maximum Gasteiger partial charge on any atom is 0.150 e. The Bertz CT molecular complexity index is 1320. The van der Waals surface area contributed by atoms with E-state index in [9.17, 15) is 0 Å². The molecule has 2 atom stereocenters. The van der Waals surface area contributed by atoms with Crippen molar-refractivity contribution < 1.29 is 9.47 Å². The van der Waals surface area contributed by atoms with Gasteiger partial charge in [0, 0.05) is 37.8 Å². The normalized spacial score (nSPS) is 25.6. The number of nitrogens with zero attached hydrogens (tertiary/aromatic N) is 6. The van der Waals surface area contributed by atoms with Crippen LogP contribution in [0.25, 0.3) is 27.2 Å². The van der Waals surface area contributed by atoms with Gasteiger partial charge >= 0.3 is 0 Å². The number of aryl methyl sites for hydroxylation is 1. The van der Waals surface area contributed by atoms with Gasteiger partial charge in [-0.1, -0.05) is 6.08 Å². The predicted octanol–water partition coefficient (Wildman–Crippen LogP) is 5.04. The zero-order valence-corrected chi connectivity index (χ0v) is 22.7. The molecule has 0 aromatic carbocycles. The zero-order valence-electron chi connectivity index (χ0n) is 21.9. The highest BCUT2D eigenvalue weighted by Gasteiger charge is 2.31. The second-order valence-corrected chi connectivity index (χ2v) is 11.8. The van der Waals surface area contributed by atoms with Gasteiger partial charge in [0.15, 0.2) is 6.23 Å². The van der Waals surface area contributed by atoms with Crippen LogP contribution in [0.5, 0.6) is 0 Å². The lowest BCUT2D eigenvalue weighted by atomic mass is 9.98. The maximum absolute atomic E-state index is 6.13. The number of hydrogen-bond donors (Lipinski definition) is 0. The van der Waals surface area contributed by atoms with E-state index in [0.717, 1.165) is 99.6 Å². The molecule has 6 heterocycles. The molecule has 9 heteroatoms. The Morgan fingerprint density at radius 2 is 2.00 bits per heavy atom. The summed E-state index contributed by atoms with van der Waals surface area (Å²) in [5.74, 6) is 1.03. The van der Waals surface area contributed by atoms with Gasteiger partial charge in [0.25, 0.3) is 0 Å². The molecule has 37 heavy (non-hydrogen) atoms. The average Bonchev–Trinajstić information content (AvgIpc) is 3.59. The molecule has 8 nitrogen and oxygen atoms in total. The molecule has 7 rings (SSSR count). The van der Waals surface area contributed by atoms with Crippen LogP contribution in [-0.4, -0.2) is 75.6 Å². The maximum atomic E-state index is 6.13. The molecule has 1 aliphatic carbocycles. The first-order valence-electron chi connectivity index (χ1n) is 13.9. The fraction of sp³-hybridized carbons (Fsp3) is 0.607. The van der Waals surface area contributed by atoms with E-state index in [2.05, 4.69) is 46.5 Å². The van der Waals surface area contributed by atoms with Gasteiger partial charge in [0.05, 0.1) is 35.3 Å². The van der Waals surface area contributed by atoms with Crippen LogP contribution in [0.1, 0.15) is 62.9 Å². The van der Waals surface area contributed by atoms with E-state index in [1.807, 2.05) is 0 Å². The molecule has 0 amide bonds. The second kappa shape index (κ2) is 9.76. The SMILES string of the molecule is Cc1cc(-c2nsc3c(C4=CCN(C5CC5)CC4)cc(N4CCOC[C@H]4C)nc23)n(C2CCCCO2)n1. The van der Waals surface area contributed by atoms with Crippen LogP contribution in [0.3, 0.4) is 0 Å². The third kappa shape index (κ3) is 4.50. The fourth-order valence-corrected chi connectivity index (χ4v) is 6.94. The molecule has 0 radical (unpaired) electrons. The van der Waals surface area contributed by atoms with E-state index >= 15 is 0 Å². The van der Waals surface area contributed by atoms with Crippen LogP contribution in [0.4, 0.5) is 5.82 Å². The minimum absolute atomic E-state index is 0.0365. The third-order valence-electron chi connectivity index (χ3n) is 8.25. The molecule has 0 spiro atoms. The molecule has 4 aliphatic rings.